The van der Waals surface area contributed by atoms with Crippen molar-refractivity contribution in [3.63, 3.8) is 0 Å². The molecule has 2 N–H and O–H groups in total. The van der Waals surface area contributed by atoms with Gasteiger partial charge in [0.1, 0.15) is 6.61 Å². The molecule has 3 nitrogen and oxygen atoms in total. The molecule has 3 heteroatoms. The maximum atomic E-state index is 6.03. The minimum Gasteiger partial charge on any atom is -0.490 e. The van der Waals surface area contributed by atoms with E-state index in [1.165, 1.54) is 5.56 Å². The SMILES string of the molecule is CCOc1cccc(CCN)c1OCc1cccc(C)c1. The van der Waals surface area contributed by atoms with Gasteiger partial charge in [-0.15, -0.1) is 0 Å². The Balaban J connectivity index is 2.20. The Kier molecular flexibility index (Phi) is 5.64. The van der Waals surface area contributed by atoms with Crippen molar-refractivity contribution < 1.29 is 9.47 Å². The van der Waals surface area contributed by atoms with Crippen LogP contribution in [-0.4, -0.2) is 13.2 Å². The highest BCUT2D eigenvalue weighted by Gasteiger charge is 2.11. The van der Waals surface area contributed by atoms with Crippen LogP contribution >= 0.6 is 0 Å². The summed E-state index contributed by atoms with van der Waals surface area (Å²) in [6.07, 6.45) is 0.782. The smallest absolute Gasteiger partial charge is 0.164 e. The minimum absolute atomic E-state index is 0.531. The highest BCUT2D eigenvalue weighted by atomic mass is 16.5. The van der Waals surface area contributed by atoms with E-state index in [2.05, 4.69) is 25.1 Å². The summed E-state index contributed by atoms with van der Waals surface area (Å²) < 4.78 is 11.7. The maximum Gasteiger partial charge on any atom is 0.164 e. The molecule has 0 aromatic heterocycles. The summed E-state index contributed by atoms with van der Waals surface area (Å²) in [6.45, 7) is 5.80. The molecular weight excluding hydrogens is 262 g/mol. The van der Waals surface area contributed by atoms with Gasteiger partial charge in [0.25, 0.3) is 0 Å². The topological polar surface area (TPSA) is 44.5 Å². The quantitative estimate of drug-likeness (QED) is 0.847. The van der Waals surface area contributed by atoms with Crippen LogP contribution in [0.3, 0.4) is 0 Å². The molecular formula is C18H23NO2. The molecule has 0 saturated carbocycles. The molecule has 0 aliphatic heterocycles. The molecule has 2 aromatic carbocycles. The summed E-state index contributed by atoms with van der Waals surface area (Å²) in [4.78, 5) is 0. The molecule has 0 fully saturated rings. The minimum atomic E-state index is 0.531. The number of aryl methyl sites for hydroxylation is 1. The predicted octanol–water partition coefficient (Wildman–Crippen LogP) is 3.47. The second-order valence-electron chi connectivity index (χ2n) is 4.99. The van der Waals surface area contributed by atoms with Gasteiger partial charge >= 0.3 is 0 Å². The highest BCUT2D eigenvalue weighted by Crippen LogP contribution is 2.32. The summed E-state index contributed by atoms with van der Waals surface area (Å²) in [5, 5.41) is 0. The molecule has 0 bridgehead atoms. The molecule has 0 atom stereocenters. The second-order valence-corrected chi connectivity index (χ2v) is 4.99. The van der Waals surface area contributed by atoms with Gasteiger partial charge in [-0.2, -0.15) is 0 Å². The van der Waals surface area contributed by atoms with Crippen molar-refractivity contribution in [2.45, 2.75) is 26.9 Å². The summed E-state index contributed by atoms with van der Waals surface area (Å²) in [5.41, 5.74) is 9.16. The number of hydrogen-bond acceptors (Lipinski definition) is 3. The van der Waals surface area contributed by atoms with E-state index in [0.717, 1.165) is 29.0 Å². The highest BCUT2D eigenvalue weighted by molar-refractivity contribution is 5.47. The van der Waals surface area contributed by atoms with Crippen LogP contribution in [-0.2, 0) is 13.0 Å². The van der Waals surface area contributed by atoms with Crippen LogP contribution in [0.1, 0.15) is 23.6 Å². The van der Waals surface area contributed by atoms with Crippen LogP contribution in [0.25, 0.3) is 0 Å². The Hall–Kier alpha value is -2.00. The third kappa shape index (κ3) is 4.23. The van der Waals surface area contributed by atoms with Gasteiger partial charge in [-0.1, -0.05) is 42.0 Å². The van der Waals surface area contributed by atoms with Gasteiger partial charge in [0.05, 0.1) is 6.61 Å². The number of hydrogen-bond donors (Lipinski definition) is 1. The Labute approximate surface area is 126 Å². The molecule has 112 valence electrons. The number of ether oxygens (including phenoxy) is 2. The normalized spacial score (nSPS) is 10.4. The van der Waals surface area contributed by atoms with Gasteiger partial charge in [0.2, 0.25) is 0 Å². The van der Waals surface area contributed by atoms with Crippen molar-refractivity contribution >= 4 is 0 Å². The number of benzene rings is 2. The fourth-order valence-corrected chi connectivity index (χ4v) is 2.30. The predicted molar refractivity (Wildman–Crippen MR) is 85.9 cm³/mol. The number of para-hydroxylation sites is 1. The standard InChI is InChI=1S/C18H23NO2/c1-3-20-17-9-5-8-16(10-11-19)18(17)21-13-15-7-4-6-14(2)12-15/h4-9,12H,3,10-11,13,19H2,1-2H3. The molecule has 2 rings (SSSR count). The average Bonchev–Trinajstić information content (AvgIpc) is 2.47. The van der Waals surface area contributed by atoms with Crippen LogP contribution in [0.5, 0.6) is 11.5 Å². The third-order valence-electron chi connectivity index (χ3n) is 3.24. The molecule has 21 heavy (non-hydrogen) atoms. The van der Waals surface area contributed by atoms with E-state index in [9.17, 15) is 0 Å². The molecule has 0 saturated heterocycles. The van der Waals surface area contributed by atoms with Crippen LogP contribution in [0, 0.1) is 6.92 Å². The van der Waals surface area contributed by atoms with Crippen LogP contribution in [0.2, 0.25) is 0 Å². The van der Waals surface area contributed by atoms with Crippen molar-refractivity contribution in [3.8, 4) is 11.5 Å². The summed E-state index contributed by atoms with van der Waals surface area (Å²) in [7, 11) is 0. The Morgan fingerprint density at radius 1 is 1.05 bits per heavy atom. The first kappa shape index (κ1) is 15.4. The van der Waals surface area contributed by atoms with Crippen molar-refractivity contribution in [2.75, 3.05) is 13.2 Å². The molecule has 0 heterocycles. The van der Waals surface area contributed by atoms with Gasteiger partial charge in [-0.3, -0.25) is 0 Å². The Morgan fingerprint density at radius 2 is 1.86 bits per heavy atom. The third-order valence-corrected chi connectivity index (χ3v) is 3.24. The van der Waals surface area contributed by atoms with Crippen LogP contribution in [0.15, 0.2) is 42.5 Å². The van der Waals surface area contributed by atoms with Crippen molar-refractivity contribution in [1.82, 2.24) is 0 Å². The summed E-state index contributed by atoms with van der Waals surface area (Å²) >= 11 is 0. The largest absolute Gasteiger partial charge is 0.490 e. The summed E-state index contributed by atoms with van der Waals surface area (Å²) in [6, 6.07) is 14.3. The number of rotatable bonds is 7. The molecule has 0 radical (unpaired) electrons. The lowest BCUT2D eigenvalue weighted by atomic mass is 10.1. The zero-order valence-corrected chi connectivity index (χ0v) is 12.8. The fraction of sp³-hybridized carbons (Fsp3) is 0.333. The summed E-state index contributed by atoms with van der Waals surface area (Å²) in [5.74, 6) is 1.60. The van der Waals surface area contributed by atoms with E-state index in [4.69, 9.17) is 15.2 Å². The van der Waals surface area contributed by atoms with E-state index >= 15 is 0 Å². The zero-order valence-electron chi connectivity index (χ0n) is 12.8. The molecule has 2 aromatic rings. The first-order chi connectivity index (χ1) is 10.2. The van der Waals surface area contributed by atoms with Crippen molar-refractivity contribution in [2.24, 2.45) is 5.73 Å². The monoisotopic (exact) mass is 285 g/mol. The molecule has 0 spiro atoms. The average molecular weight is 285 g/mol. The van der Waals surface area contributed by atoms with E-state index < -0.39 is 0 Å². The lowest BCUT2D eigenvalue weighted by molar-refractivity contribution is 0.266. The lowest BCUT2D eigenvalue weighted by Crippen LogP contribution is -2.07. The van der Waals surface area contributed by atoms with Gasteiger partial charge in [0, 0.05) is 0 Å². The molecule has 0 unspecified atom stereocenters. The zero-order chi connectivity index (χ0) is 15.1. The van der Waals surface area contributed by atoms with E-state index in [1.807, 2.05) is 31.2 Å². The maximum absolute atomic E-state index is 6.03. The van der Waals surface area contributed by atoms with Gasteiger partial charge in [-0.05, 0) is 44.0 Å². The van der Waals surface area contributed by atoms with E-state index in [1.54, 1.807) is 0 Å². The first-order valence-electron chi connectivity index (χ1n) is 7.37. The second kappa shape index (κ2) is 7.70. The molecule has 0 amide bonds. The molecule has 0 aliphatic carbocycles. The van der Waals surface area contributed by atoms with Crippen LogP contribution in [0.4, 0.5) is 0 Å². The number of nitrogens with two attached hydrogens (primary N) is 1. The van der Waals surface area contributed by atoms with Gasteiger partial charge in [-0.25, -0.2) is 0 Å². The van der Waals surface area contributed by atoms with Crippen molar-refractivity contribution in [1.29, 1.82) is 0 Å². The van der Waals surface area contributed by atoms with Gasteiger partial charge in [0.15, 0.2) is 11.5 Å². The Bertz CT molecular complexity index is 557. The molecule has 0 aliphatic rings. The van der Waals surface area contributed by atoms with Crippen molar-refractivity contribution in [3.05, 3.63) is 59.2 Å². The Morgan fingerprint density at radius 3 is 2.57 bits per heavy atom. The fourth-order valence-electron chi connectivity index (χ4n) is 2.30. The lowest BCUT2D eigenvalue weighted by Gasteiger charge is -2.16. The van der Waals surface area contributed by atoms with E-state index in [0.29, 0.717) is 19.8 Å². The first-order valence-corrected chi connectivity index (χ1v) is 7.37. The van der Waals surface area contributed by atoms with Gasteiger partial charge < -0.3 is 15.2 Å². The van der Waals surface area contributed by atoms with Crippen LogP contribution < -0.4 is 15.2 Å². The van der Waals surface area contributed by atoms with E-state index in [-0.39, 0.29) is 0 Å².